The highest BCUT2D eigenvalue weighted by molar-refractivity contribution is 5.47. The Balaban J connectivity index is 2.11. The van der Waals surface area contributed by atoms with E-state index in [-0.39, 0.29) is 0 Å². The quantitative estimate of drug-likeness (QED) is 0.556. The number of nitrogen functional groups attached to an aromatic ring is 1. The molecule has 0 fully saturated rings. The summed E-state index contributed by atoms with van der Waals surface area (Å²) in [5.74, 6) is 7.31. The van der Waals surface area contributed by atoms with Crippen LogP contribution in [0.1, 0.15) is 17.1 Å². The van der Waals surface area contributed by atoms with Crippen molar-refractivity contribution in [2.45, 2.75) is 20.4 Å². The predicted octanol–water partition coefficient (Wildman–Crippen LogP) is 1.39. The number of hydrazine groups is 1. The minimum atomic E-state index is 0.586. The van der Waals surface area contributed by atoms with E-state index in [0.717, 1.165) is 17.1 Å². The zero-order valence-corrected chi connectivity index (χ0v) is 10.4. The molecule has 0 aromatic carbocycles. The fourth-order valence-corrected chi connectivity index (χ4v) is 1.61. The van der Waals surface area contributed by atoms with E-state index in [2.05, 4.69) is 25.7 Å². The van der Waals surface area contributed by atoms with E-state index < -0.39 is 0 Å². The van der Waals surface area contributed by atoms with Crippen LogP contribution in [-0.2, 0) is 6.54 Å². The van der Waals surface area contributed by atoms with Crippen LogP contribution in [0, 0.1) is 13.8 Å². The van der Waals surface area contributed by atoms with Crippen molar-refractivity contribution < 1.29 is 0 Å². The van der Waals surface area contributed by atoms with Crippen LogP contribution in [0.15, 0.2) is 24.4 Å². The molecule has 2 rings (SSSR count). The van der Waals surface area contributed by atoms with Crippen LogP contribution < -0.4 is 16.6 Å². The van der Waals surface area contributed by atoms with Crippen LogP contribution in [0.2, 0.25) is 0 Å². The average Bonchev–Trinajstić information content (AvgIpc) is 2.37. The molecule has 0 amide bonds. The third-order valence-corrected chi connectivity index (χ3v) is 2.54. The topological polar surface area (TPSA) is 88.8 Å². The number of aromatic nitrogens is 3. The number of anilines is 2. The van der Waals surface area contributed by atoms with Gasteiger partial charge in [-0.3, -0.25) is 4.98 Å². The first-order chi connectivity index (χ1) is 8.69. The molecule has 0 aliphatic carbocycles. The summed E-state index contributed by atoms with van der Waals surface area (Å²) in [6.07, 6.45) is 1.78. The fourth-order valence-electron chi connectivity index (χ4n) is 1.61. The first-order valence-corrected chi connectivity index (χ1v) is 5.65. The summed E-state index contributed by atoms with van der Waals surface area (Å²) < 4.78 is 0. The lowest BCUT2D eigenvalue weighted by Crippen LogP contribution is -2.11. The largest absolute Gasteiger partial charge is 0.364 e. The average molecular weight is 244 g/mol. The van der Waals surface area contributed by atoms with Gasteiger partial charge < -0.3 is 10.7 Å². The Morgan fingerprint density at radius 2 is 2.00 bits per heavy atom. The van der Waals surface area contributed by atoms with Crippen LogP contribution in [0.3, 0.4) is 0 Å². The van der Waals surface area contributed by atoms with Gasteiger partial charge in [-0.15, -0.1) is 0 Å². The summed E-state index contributed by atoms with van der Waals surface area (Å²) in [7, 11) is 0. The molecule has 0 aliphatic rings. The maximum absolute atomic E-state index is 5.34. The van der Waals surface area contributed by atoms with E-state index in [1.165, 1.54) is 0 Å². The molecule has 6 heteroatoms. The van der Waals surface area contributed by atoms with Gasteiger partial charge in [-0.2, -0.15) is 0 Å². The molecule has 0 aliphatic heterocycles. The summed E-state index contributed by atoms with van der Waals surface area (Å²) in [5.41, 5.74) is 4.65. The highest BCUT2D eigenvalue weighted by Gasteiger charge is 2.02. The number of hydrogen-bond donors (Lipinski definition) is 3. The molecule has 6 nitrogen and oxygen atoms in total. The van der Waals surface area contributed by atoms with Crippen molar-refractivity contribution in [3.8, 4) is 0 Å². The van der Waals surface area contributed by atoms with E-state index in [0.29, 0.717) is 18.2 Å². The van der Waals surface area contributed by atoms with E-state index in [4.69, 9.17) is 5.84 Å². The molecule has 94 valence electrons. The second-order valence-electron chi connectivity index (χ2n) is 3.95. The number of nitrogens with zero attached hydrogens (tertiary/aromatic N) is 3. The first-order valence-electron chi connectivity index (χ1n) is 5.65. The lowest BCUT2D eigenvalue weighted by Gasteiger charge is -2.09. The number of aryl methyl sites for hydroxylation is 2. The molecule has 0 saturated carbocycles. The van der Waals surface area contributed by atoms with Crippen LogP contribution in [0.4, 0.5) is 11.6 Å². The Bertz CT molecular complexity index is 540. The molecule has 18 heavy (non-hydrogen) atoms. The molecular weight excluding hydrogens is 228 g/mol. The Hall–Kier alpha value is -2.21. The van der Waals surface area contributed by atoms with Gasteiger partial charge in [0, 0.05) is 12.3 Å². The first kappa shape index (κ1) is 12.3. The van der Waals surface area contributed by atoms with Crippen molar-refractivity contribution in [2.24, 2.45) is 5.84 Å². The summed E-state index contributed by atoms with van der Waals surface area (Å²) in [6, 6.07) is 5.71. The van der Waals surface area contributed by atoms with Gasteiger partial charge in [0.2, 0.25) is 0 Å². The van der Waals surface area contributed by atoms with Gasteiger partial charge in [-0.1, -0.05) is 6.07 Å². The minimum absolute atomic E-state index is 0.586. The summed E-state index contributed by atoms with van der Waals surface area (Å²) in [6.45, 7) is 4.47. The van der Waals surface area contributed by atoms with Gasteiger partial charge in [-0.05, 0) is 25.5 Å². The molecule has 4 N–H and O–H groups in total. The number of pyridine rings is 1. The molecule has 2 aromatic heterocycles. The number of rotatable bonds is 4. The number of nitrogens with two attached hydrogens (primary N) is 1. The second kappa shape index (κ2) is 5.42. The normalized spacial score (nSPS) is 10.2. The van der Waals surface area contributed by atoms with Crippen molar-refractivity contribution >= 4 is 11.6 Å². The molecule has 2 aromatic rings. The van der Waals surface area contributed by atoms with E-state index in [9.17, 15) is 0 Å². The lowest BCUT2D eigenvalue weighted by molar-refractivity contribution is 0.979. The molecular formula is C12H16N6. The van der Waals surface area contributed by atoms with Crippen molar-refractivity contribution in [3.63, 3.8) is 0 Å². The van der Waals surface area contributed by atoms with Gasteiger partial charge >= 0.3 is 0 Å². The van der Waals surface area contributed by atoms with Crippen LogP contribution in [0.5, 0.6) is 0 Å². The lowest BCUT2D eigenvalue weighted by atomic mass is 10.2. The molecule has 0 saturated heterocycles. The molecule has 0 atom stereocenters. The maximum atomic E-state index is 5.34. The standard InChI is InChI=1S/C12H16N6/c1-8-4-3-5-14-10(8)7-15-11-6-12(18-13)17-9(2)16-11/h3-6H,7,13H2,1-2H3,(H2,15,16,17,18). The van der Waals surface area contributed by atoms with Gasteiger partial charge in [-0.25, -0.2) is 15.8 Å². The molecule has 0 bridgehead atoms. The van der Waals surface area contributed by atoms with Crippen LogP contribution >= 0.6 is 0 Å². The Morgan fingerprint density at radius 1 is 1.22 bits per heavy atom. The van der Waals surface area contributed by atoms with Gasteiger partial charge in [0.05, 0.1) is 12.2 Å². The van der Waals surface area contributed by atoms with Crippen molar-refractivity contribution in [1.29, 1.82) is 0 Å². The Morgan fingerprint density at radius 3 is 2.72 bits per heavy atom. The van der Waals surface area contributed by atoms with Crippen molar-refractivity contribution in [2.75, 3.05) is 10.7 Å². The Kier molecular flexibility index (Phi) is 3.69. The van der Waals surface area contributed by atoms with E-state index in [1.54, 1.807) is 12.3 Å². The third-order valence-electron chi connectivity index (χ3n) is 2.54. The molecule has 0 radical (unpaired) electrons. The van der Waals surface area contributed by atoms with Crippen LogP contribution in [0.25, 0.3) is 0 Å². The van der Waals surface area contributed by atoms with Crippen molar-refractivity contribution in [3.05, 3.63) is 41.5 Å². The number of nitrogens with one attached hydrogen (secondary N) is 2. The Labute approximate surface area is 106 Å². The predicted molar refractivity (Wildman–Crippen MR) is 70.9 cm³/mol. The third kappa shape index (κ3) is 2.92. The second-order valence-corrected chi connectivity index (χ2v) is 3.95. The minimum Gasteiger partial charge on any atom is -0.364 e. The summed E-state index contributed by atoms with van der Waals surface area (Å²) >= 11 is 0. The van der Waals surface area contributed by atoms with Gasteiger partial charge in [0.1, 0.15) is 17.5 Å². The zero-order valence-electron chi connectivity index (χ0n) is 10.4. The molecule has 0 spiro atoms. The number of hydrogen-bond acceptors (Lipinski definition) is 6. The highest BCUT2D eigenvalue weighted by Crippen LogP contribution is 2.12. The fraction of sp³-hybridized carbons (Fsp3) is 0.250. The SMILES string of the molecule is Cc1nc(NN)cc(NCc2ncccc2C)n1. The maximum Gasteiger partial charge on any atom is 0.145 e. The molecule has 2 heterocycles. The van der Waals surface area contributed by atoms with Crippen molar-refractivity contribution in [1.82, 2.24) is 15.0 Å². The summed E-state index contributed by atoms with van der Waals surface area (Å²) in [5, 5.41) is 3.21. The van der Waals surface area contributed by atoms with E-state index >= 15 is 0 Å². The van der Waals surface area contributed by atoms with Gasteiger partial charge in [0.15, 0.2) is 0 Å². The summed E-state index contributed by atoms with van der Waals surface area (Å²) in [4.78, 5) is 12.7. The van der Waals surface area contributed by atoms with Crippen LogP contribution in [-0.4, -0.2) is 15.0 Å². The zero-order chi connectivity index (χ0) is 13.0. The molecule has 0 unspecified atom stereocenters. The monoisotopic (exact) mass is 244 g/mol. The van der Waals surface area contributed by atoms with Gasteiger partial charge in [0.25, 0.3) is 0 Å². The van der Waals surface area contributed by atoms with E-state index in [1.807, 2.05) is 26.0 Å². The smallest absolute Gasteiger partial charge is 0.145 e. The highest BCUT2D eigenvalue weighted by atomic mass is 15.3.